The zero-order chi connectivity index (χ0) is 33.7. The van der Waals surface area contributed by atoms with E-state index in [1.807, 2.05) is 6.07 Å². The Morgan fingerprint density at radius 2 is 0.882 bits per heavy atom. The smallest absolute Gasteiger partial charge is 0.231 e. The first kappa shape index (κ1) is 29.1. The van der Waals surface area contributed by atoms with E-state index in [4.69, 9.17) is 14.4 Å². The van der Waals surface area contributed by atoms with E-state index in [1.54, 1.807) is 0 Å². The summed E-state index contributed by atoms with van der Waals surface area (Å²) in [5.41, 5.74) is 11.2. The van der Waals surface area contributed by atoms with Crippen LogP contribution in [0.2, 0.25) is 0 Å². The van der Waals surface area contributed by atoms with Gasteiger partial charge in [0, 0.05) is 16.5 Å². The van der Waals surface area contributed by atoms with Crippen molar-refractivity contribution in [2.24, 2.45) is 0 Å². The molecule has 10 rings (SSSR count). The average molecular weight is 651 g/mol. The van der Waals surface area contributed by atoms with Gasteiger partial charge in [-0.25, -0.2) is 4.98 Å². The van der Waals surface area contributed by atoms with Crippen LogP contribution in [0.25, 0.3) is 99.6 Å². The molecule has 0 radical (unpaired) electrons. The molecular weight excluding hydrogens is 621 g/mol. The van der Waals surface area contributed by atoms with Gasteiger partial charge in [0.1, 0.15) is 5.58 Å². The van der Waals surface area contributed by atoms with Crippen molar-refractivity contribution in [3.63, 3.8) is 0 Å². The molecular formula is C48H30N2O. The van der Waals surface area contributed by atoms with Crippen molar-refractivity contribution in [2.75, 3.05) is 0 Å². The fraction of sp³-hybridized carbons (Fsp3) is 0. The predicted octanol–water partition coefficient (Wildman–Crippen LogP) is 13.0. The zero-order valence-electron chi connectivity index (χ0n) is 27.6. The number of benzene rings is 8. The van der Waals surface area contributed by atoms with Gasteiger partial charge in [-0.15, -0.1) is 0 Å². The molecule has 10 aromatic rings. The van der Waals surface area contributed by atoms with E-state index >= 15 is 0 Å². The molecule has 0 saturated carbocycles. The Morgan fingerprint density at radius 3 is 1.65 bits per heavy atom. The van der Waals surface area contributed by atoms with Crippen LogP contribution < -0.4 is 0 Å². The molecule has 238 valence electrons. The first-order valence-corrected chi connectivity index (χ1v) is 17.2. The van der Waals surface area contributed by atoms with Crippen LogP contribution in [0.15, 0.2) is 186 Å². The molecule has 0 amide bonds. The molecule has 8 aromatic carbocycles. The van der Waals surface area contributed by atoms with E-state index in [9.17, 15) is 0 Å². The van der Waals surface area contributed by atoms with E-state index < -0.39 is 0 Å². The molecule has 0 atom stereocenters. The Morgan fingerprint density at radius 1 is 0.353 bits per heavy atom. The Kier molecular flexibility index (Phi) is 6.81. The largest absolute Gasteiger partial charge is 0.438 e. The van der Waals surface area contributed by atoms with Crippen molar-refractivity contribution in [2.45, 2.75) is 0 Å². The highest BCUT2D eigenvalue weighted by Crippen LogP contribution is 2.42. The van der Waals surface area contributed by atoms with Crippen LogP contribution in [0.4, 0.5) is 0 Å². The maximum atomic E-state index is 6.56. The molecule has 2 aromatic heterocycles. The van der Waals surface area contributed by atoms with Crippen LogP contribution >= 0.6 is 0 Å². The Hall–Kier alpha value is -6.84. The lowest BCUT2D eigenvalue weighted by Gasteiger charge is -2.11. The van der Waals surface area contributed by atoms with Gasteiger partial charge in [0.25, 0.3) is 0 Å². The first-order valence-electron chi connectivity index (χ1n) is 17.2. The van der Waals surface area contributed by atoms with E-state index in [1.165, 1.54) is 22.3 Å². The zero-order valence-corrected chi connectivity index (χ0v) is 27.6. The summed E-state index contributed by atoms with van der Waals surface area (Å²) in [6.45, 7) is 0. The minimum atomic E-state index is 0.584. The molecule has 0 unspecified atom stereocenters. The number of hydrogen-bond acceptors (Lipinski definition) is 3. The minimum Gasteiger partial charge on any atom is -0.438 e. The number of fused-ring (bicyclic) bond motifs is 6. The highest BCUT2D eigenvalue weighted by Gasteiger charge is 2.21. The summed E-state index contributed by atoms with van der Waals surface area (Å²) in [5, 5.41) is 6.57. The van der Waals surface area contributed by atoms with E-state index in [0.29, 0.717) is 11.5 Å². The lowest BCUT2D eigenvalue weighted by atomic mass is 9.96. The fourth-order valence-corrected chi connectivity index (χ4v) is 7.40. The summed E-state index contributed by atoms with van der Waals surface area (Å²) in [7, 11) is 0. The highest BCUT2D eigenvalue weighted by molar-refractivity contribution is 6.22. The van der Waals surface area contributed by atoms with Gasteiger partial charge in [0.2, 0.25) is 5.71 Å². The molecule has 0 saturated heterocycles. The Balaban J connectivity index is 1.12. The maximum Gasteiger partial charge on any atom is 0.231 e. The summed E-state index contributed by atoms with van der Waals surface area (Å²) in [6.07, 6.45) is 0. The summed E-state index contributed by atoms with van der Waals surface area (Å²) < 4.78 is 6.56. The standard InChI is InChI=1S/C48H30N2O/c1-2-11-31(12-3-1)32-23-25-33(26-24-32)36-16-8-17-37(29-36)38-18-9-19-39(30-38)47-49-46(42-22-10-15-34-13-4-6-20-40(34)42)45-44-41-21-7-5-14-35(41)27-28-43(44)51-48(45)50-47/h1-30H. The van der Waals surface area contributed by atoms with E-state index in [-0.39, 0.29) is 0 Å². The van der Waals surface area contributed by atoms with E-state index in [0.717, 1.165) is 65.8 Å². The first-order chi connectivity index (χ1) is 25.3. The normalized spacial score (nSPS) is 11.5. The molecule has 0 spiro atoms. The van der Waals surface area contributed by atoms with Crippen LogP contribution in [-0.2, 0) is 0 Å². The van der Waals surface area contributed by atoms with Crippen LogP contribution in [0, 0.1) is 0 Å². The molecule has 0 fully saturated rings. The third-order valence-corrected chi connectivity index (χ3v) is 9.91. The van der Waals surface area contributed by atoms with Crippen LogP contribution in [0.3, 0.4) is 0 Å². The van der Waals surface area contributed by atoms with Gasteiger partial charge in [-0.05, 0) is 73.1 Å². The SMILES string of the molecule is c1ccc(-c2ccc(-c3cccc(-c4cccc(-c5nc(-c6cccc7ccccc67)c6c(n5)oc5ccc7ccccc7c56)c4)c3)cc2)cc1. The Labute approximate surface area is 295 Å². The van der Waals surface area contributed by atoms with Gasteiger partial charge in [-0.3, -0.25) is 0 Å². The van der Waals surface area contributed by atoms with Crippen LogP contribution in [0.1, 0.15) is 0 Å². The van der Waals surface area contributed by atoms with Gasteiger partial charge in [0.15, 0.2) is 5.82 Å². The molecule has 51 heavy (non-hydrogen) atoms. The topological polar surface area (TPSA) is 38.9 Å². The van der Waals surface area contributed by atoms with Gasteiger partial charge < -0.3 is 4.42 Å². The van der Waals surface area contributed by atoms with Gasteiger partial charge in [-0.1, -0.05) is 164 Å². The molecule has 0 aliphatic heterocycles. The maximum absolute atomic E-state index is 6.56. The fourth-order valence-electron chi connectivity index (χ4n) is 7.40. The molecule has 0 aliphatic rings. The second-order valence-corrected chi connectivity index (χ2v) is 13.0. The average Bonchev–Trinajstić information content (AvgIpc) is 3.60. The second kappa shape index (κ2) is 11.9. The predicted molar refractivity (Wildman–Crippen MR) is 212 cm³/mol. The van der Waals surface area contributed by atoms with Crippen molar-refractivity contribution in [3.05, 3.63) is 182 Å². The highest BCUT2D eigenvalue weighted by atomic mass is 16.3. The molecule has 3 nitrogen and oxygen atoms in total. The lowest BCUT2D eigenvalue weighted by molar-refractivity contribution is 0.654. The quantitative estimate of drug-likeness (QED) is 0.186. The molecule has 0 aliphatic carbocycles. The number of nitrogens with zero attached hydrogens (tertiary/aromatic N) is 2. The Bertz CT molecular complexity index is 2900. The summed E-state index contributed by atoms with van der Waals surface area (Å²) in [4.78, 5) is 10.5. The number of furan rings is 1. The minimum absolute atomic E-state index is 0.584. The molecule has 0 bridgehead atoms. The van der Waals surface area contributed by atoms with Crippen molar-refractivity contribution in [1.82, 2.24) is 9.97 Å². The van der Waals surface area contributed by atoms with Gasteiger partial charge in [-0.2, -0.15) is 4.98 Å². The molecule has 3 heteroatoms. The number of aromatic nitrogens is 2. The third kappa shape index (κ3) is 5.06. The lowest BCUT2D eigenvalue weighted by Crippen LogP contribution is -1.95. The molecule has 2 heterocycles. The summed E-state index contributed by atoms with van der Waals surface area (Å²) in [6, 6.07) is 64.0. The molecule has 0 N–H and O–H groups in total. The third-order valence-electron chi connectivity index (χ3n) is 9.91. The monoisotopic (exact) mass is 650 g/mol. The number of hydrogen-bond donors (Lipinski definition) is 0. The van der Waals surface area contributed by atoms with Gasteiger partial charge in [0.05, 0.1) is 11.1 Å². The van der Waals surface area contributed by atoms with Gasteiger partial charge >= 0.3 is 0 Å². The summed E-state index contributed by atoms with van der Waals surface area (Å²) >= 11 is 0. The van der Waals surface area contributed by atoms with Crippen molar-refractivity contribution in [1.29, 1.82) is 0 Å². The van der Waals surface area contributed by atoms with E-state index in [2.05, 4.69) is 176 Å². The summed E-state index contributed by atoms with van der Waals surface area (Å²) in [5.74, 6) is 0.628. The van der Waals surface area contributed by atoms with Crippen molar-refractivity contribution < 1.29 is 4.42 Å². The van der Waals surface area contributed by atoms with Crippen molar-refractivity contribution >= 4 is 43.6 Å². The van der Waals surface area contributed by atoms with Crippen LogP contribution in [0.5, 0.6) is 0 Å². The second-order valence-electron chi connectivity index (χ2n) is 13.0. The number of rotatable bonds is 5. The van der Waals surface area contributed by atoms with Crippen LogP contribution in [-0.4, -0.2) is 9.97 Å². The van der Waals surface area contributed by atoms with Crippen molar-refractivity contribution in [3.8, 4) is 56.0 Å².